The molecular formula is C12H24N2O2S. The van der Waals surface area contributed by atoms with Crippen LogP contribution in [0.1, 0.15) is 33.1 Å². The van der Waals surface area contributed by atoms with Crippen molar-refractivity contribution >= 4 is 16.8 Å². The molecule has 0 saturated carbocycles. The van der Waals surface area contributed by atoms with Crippen LogP contribution in [0.5, 0.6) is 0 Å². The summed E-state index contributed by atoms with van der Waals surface area (Å²) in [7, 11) is -0.800. The number of carbonyl (C=O) groups excluding carboxylic acids is 1. The predicted octanol–water partition coefficient (Wildman–Crippen LogP) is 1.58. The van der Waals surface area contributed by atoms with Crippen molar-refractivity contribution < 1.29 is 9.00 Å². The molecule has 2 amide bonds. The first-order valence-electron chi connectivity index (χ1n) is 6.35. The summed E-state index contributed by atoms with van der Waals surface area (Å²) in [5.74, 6) is 0.608. The van der Waals surface area contributed by atoms with E-state index in [9.17, 15) is 9.00 Å². The number of nitrogens with zero attached hydrogens (tertiary/aromatic N) is 1. The van der Waals surface area contributed by atoms with Crippen LogP contribution in [0.2, 0.25) is 0 Å². The van der Waals surface area contributed by atoms with Gasteiger partial charge in [-0.3, -0.25) is 4.21 Å². The first-order valence-corrected chi connectivity index (χ1v) is 7.98. The van der Waals surface area contributed by atoms with Gasteiger partial charge in [0.1, 0.15) is 0 Å². The summed E-state index contributed by atoms with van der Waals surface area (Å²) < 4.78 is 11.2. The van der Waals surface area contributed by atoms with Crippen LogP contribution in [0, 0.1) is 5.92 Å². The third-order valence-corrected chi connectivity index (χ3v) is 4.71. The molecule has 1 N–H and O–H groups in total. The van der Waals surface area contributed by atoms with E-state index in [1.807, 2.05) is 11.8 Å². The molecule has 17 heavy (non-hydrogen) atoms. The van der Waals surface area contributed by atoms with Crippen LogP contribution >= 0.6 is 0 Å². The highest BCUT2D eigenvalue weighted by atomic mass is 32.2. The Morgan fingerprint density at radius 1 is 1.59 bits per heavy atom. The lowest BCUT2D eigenvalue weighted by Crippen LogP contribution is -2.45. The molecule has 4 nitrogen and oxygen atoms in total. The van der Waals surface area contributed by atoms with Gasteiger partial charge in [0, 0.05) is 41.9 Å². The van der Waals surface area contributed by atoms with E-state index >= 15 is 0 Å². The van der Waals surface area contributed by atoms with Crippen molar-refractivity contribution in [1.82, 2.24) is 10.2 Å². The maximum Gasteiger partial charge on any atom is 0.317 e. The molecule has 1 saturated heterocycles. The zero-order valence-corrected chi connectivity index (χ0v) is 11.9. The van der Waals surface area contributed by atoms with Gasteiger partial charge in [-0.05, 0) is 25.2 Å². The molecule has 0 aromatic carbocycles. The number of carbonyl (C=O) groups is 1. The monoisotopic (exact) mass is 260 g/mol. The van der Waals surface area contributed by atoms with Gasteiger partial charge in [0.2, 0.25) is 0 Å². The van der Waals surface area contributed by atoms with Crippen molar-refractivity contribution in [3.8, 4) is 0 Å². The second kappa shape index (κ2) is 6.99. The van der Waals surface area contributed by atoms with E-state index in [1.165, 1.54) is 6.42 Å². The number of nitrogens with one attached hydrogen (secondary N) is 1. The molecule has 1 heterocycles. The summed E-state index contributed by atoms with van der Waals surface area (Å²) in [6, 6.07) is 0.0330. The van der Waals surface area contributed by atoms with Gasteiger partial charge in [-0.2, -0.15) is 0 Å². The summed E-state index contributed by atoms with van der Waals surface area (Å²) in [6.45, 7) is 6.48. The summed E-state index contributed by atoms with van der Waals surface area (Å²) in [4.78, 5) is 13.7. The van der Waals surface area contributed by atoms with Crippen molar-refractivity contribution in [2.45, 2.75) is 38.4 Å². The van der Waals surface area contributed by atoms with Gasteiger partial charge in [0.25, 0.3) is 0 Å². The molecule has 0 radical (unpaired) electrons. The Morgan fingerprint density at radius 2 is 2.29 bits per heavy atom. The molecular weight excluding hydrogens is 236 g/mol. The molecule has 0 spiro atoms. The summed E-state index contributed by atoms with van der Waals surface area (Å²) in [5, 5.41) is 3.06. The molecule has 0 bridgehead atoms. The molecule has 0 unspecified atom stereocenters. The van der Waals surface area contributed by atoms with Gasteiger partial charge in [0.05, 0.1) is 0 Å². The number of hydrogen-bond donors (Lipinski definition) is 1. The first kappa shape index (κ1) is 14.5. The number of hydrogen-bond acceptors (Lipinski definition) is 2. The summed E-state index contributed by atoms with van der Waals surface area (Å²) >= 11 is 0. The maximum absolute atomic E-state index is 11.8. The van der Waals surface area contributed by atoms with Gasteiger partial charge in [-0.15, -0.1) is 0 Å². The van der Waals surface area contributed by atoms with Crippen LogP contribution in [-0.2, 0) is 10.8 Å². The van der Waals surface area contributed by atoms with Gasteiger partial charge in [0.15, 0.2) is 0 Å². The topological polar surface area (TPSA) is 49.4 Å². The third-order valence-electron chi connectivity index (χ3n) is 3.34. The molecule has 1 fully saturated rings. The smallest absolute Gasteiger partial charge is 0.317 e. The molecule has 0 aromatic heterocycles. The highest BCUT2D eigenvalue weighted by Gasteiger charge is 2.20. The molecule has 1 aliphatic heterocycles. The second-order valence-electron chi connectivity index (χ2n) is 5.02. The zero-order chi connectivity index (χ0) is 12.8. The van der Waals surface area contributed by atoms with E-state index in [-0.39, 0.29) is 11.3 Å². The first-order chi connectivity index (χ1) is 8.00. The largest absolute Gasteiger partial charge is 0.338 e. The van der Waals surface area contributed by atoms with E-state index in [0.29, 0.717) is 12.5 Å². The molecule has 0 aromatic rings. The molecule has 0 aliphatic carbocycles. The Labute approximate surface area is 107 Å². The van der Waals surface area contributed by atoms with Crippen LogP contribution in [0.15, 0.2) is 0 Å². The van der Waals surface area contributed by atoms with E-state index in [4.69, 9.17) is 0 Å². The standard InChI is InChI=1S/C12H24N2O2S/c1-10-5-4-8-14(9-10)12(15)13-7-6-11(2)17(3)16/h10-11H,4-9H2,1-3H3,(H,13,15)/t10-,11-,17-/m0/s1. The fourth-order valence-electron chi connectivity index (χ4n) is 2.03. The van der Waals surface area contributed by atoms with Gasteiger partial charge in [-0.1, -0.05) is 13.8 Å². The van der Waals surface area contributed by atoms with Crippen LogP contribution < -0.4 is 5.32 Å². The van der Waals surface area contributed by atoms with Gasteiger partial charge < -0.3 is 10.2 Å². The minimum absolute atomic E-state index is 0.0330. The Balaban J connectivity index is 2.22. The van der Waals surface area contributed by atoms with Crippen LogP contribution in [0.3, 0.4) is 0 Å². The predicted molar refractivity (Wildman–Crippen MR) is 71.5 cm³/mol. The van der Waals surface area contributed by atoms with Crippen LogP contribution in [-0.4, -0.2) is 46.3 Å². The lowest BCUT2D eigenvalue weighted by atomic mass is 10.0. The average Bonchev–Trinajstić information content (AvgIpc) is 2.28. The Kier molecular flexibility index (Phi) is 5.95. The Morgan fingerprint density at radius 3 is 2.88 bits per heavy atom. The number of urea groups is 1. The van der Waals surface area contributed by atoms with E-state index in [0.717, 1.165) is 25.9 Å². The van der Waals surface area contributed by atoms with Crippen LogP contribution in [0.25, 0.3) is 0 Å². The van der Waals surface area contributed by atoms with E-state index in [1.54, 1.807) is 6.26 Å². The van der Waals surface area contributed by atoms with Crippen molar-refractivity contribution in [1.29, 1.82) is 0 Å². The van der Waals surface area contributed by atoms with Crippen LogP contribution in [0.4, 0.5) is 4.79 Å². The SMILES string of the molecule is C[C@H]1CCCN(C(=O)NCC[C@H](C)[S@](C)=O)C1. The Bertz CT molecular complexity index is 284. The molecule has 3 atom stereocenters. The average molecular weight is 260 g/mol. The normalized spacial score (nSPS) is 24.2. The number of rotatable bonds is 4. The number of amides is 2. The number of piperidine rings is 1. The maximum atomic E-state index is 11.8. The van der Waals surface area contributed by atoms with Crippen molar-refractivity contribution in [2.75, 3.05) is 25.9 Å². The fourth-order valence-corrected chi connectivity index (χ4v) is 2.48. The Hall–Kier alpha value is -0.580. The second-order valence-corrected chi connectivity index (χ2v) is 6.83. The van der Waals surface area contributed by atoms with E-state index in [2.05, 4.69) is 12.2 Å². The minimum Gasteiger partial charge on any atom is -0.338 e. The highest BCUT2D eigenvalue weighted by Crippen LogP contribution is 2.15. The van der Waals surface area contributed by atoms with Gasteiger partial charge >= 0.3 is 6.03 Å². The van der Waals surface area contributed by atoms with E-state index < -0.39 is 10.8 Å². The lowest BCUT2D eigenvalue weighted by Gasteiger charge is -2.31. The highest BCUT2D eigenvalue weighted by molar-refractivity contribution is 7.84. The molecule has 1 rings (SSSR count). The zero-order valence-electron chi connectivity index (χ0n) is 11.1. The summed E-state index contributed by atoms with van der Waals surface area (Å²) in [5.41, 5.74) is 0. The quantitative estimate of drug-likeness (QED) is 0.834. The lowest BCUT2D eigenvalue weighted by molar-refractivity contribution is 0.170. The molecule has 100 valence electrons. The van der Waals surface area contributed by atoms with Crippen molar-refractivity contribution in [3.05, 3.63) is 0 Å². The minimum atomic E-state index is -0.800. The fraction of sp³-hybridized carbons (Fsp3) is 0.917. The van der Waals surface area contributed by atoms with Crippen molar-refractivity contribution in [3.63, 3.8) is 0 Å². The number of likely N-dealkylation sites (tertiary alicyclic amines) is 1. The third kappa shape index (κ3) is 5.06. The molecule has 5 heteroatoms. The summed E-state index contributed by atoms with van der Waals surface area (Å²) in [6.07, 6.45) is 4.80. The van der Waals surface area contributed by atoms with Gasteiger partial charge in [-0.25, -0.2) is 4.79 Å². The molecule has 1 aliphatic rings. The van der Waals surface area contributed by atoms with Crippen molar-refractivity contribution in [2.24, 2.45) is 5.92 Å².